The fraction of sp³-hybridized carbons (Fsp3) is 0.750. The molecule has 4 nitrogen and oxygen atoms in total. The highest BCUT2D eigenvalue weighted by Crippen LogP contribution is 2.09. The minimum atomic E-state index is -1.09. The van der Waals surface area contributed by atoms with Crippen LogP contribution in [0.5, 0.6) is 0 Å². The number of nitrogens with zero attached hydrogens (tertiary/aromatic N) is 1. The number of likely N-dealkylation sites (N-methyl/N-ethyl adjacent to an activating group) is 1. The molecule has 4 heteroatoms. The standard InChI is InChI=1S/C16H29NO3/c1-3-4-5-6-7-8-9-10-11-14-17(2)15(18)12-13-16(19)20/h12-13H,3-11,14H2,1-2H3,(H,19,20)/b13-12+. The second kappa shape index (κ2) is 12.7. The summed E-state index contributed by atoms with van der Waals surface area (Å²) in [5.74, 6) is -1.33. The molecule has 116 valence electrons. The van der Waals surface area contributed by atoms with Crippen molar-refractivity contribution in [3.63, 3.8) is 0 Å². The van der Waals surface area contributed by atoms with Gasteiger partial charge in [0.05, 0.1) is 0 Å². The summed E-state index contributed by atoms with van der Waals surface area (Å²) >= 11 is 0. The van der Waals surface area contributed by atoms with E-state index in [0.29, 0.717) is 6.54 Å². The minimum Gasteiger partial charge on any atom is -0.478 e. The molecule has 0 heterocycles. The first-order valence-electron chi connectivity index (χ1n) is 7.74. The number of hydrogen-bond donors (Lipinski definition) is 1. The molecule has 0 unspecified atom stereocenters. The molecule has 0 saturated carbocycles. The average molecular weight is 283 g/mol. The summed E-state index contributed by atoms with van der Waals surface area (Å²) in [6.07, 6.45) is 13.2. The molecule has 0 radical (unpaired) electrons. The number of unbranched alkanes of at least 4 members (excludes halogenated alkanes) is 8. The van der Waals surface area contributed by atoms with Gasteiger partial charge in [0, 0.05) is 25.7 Å². The maximum absolute atomic E-state index is 11.5. The van der Waals surface area contributed by atoms with Crippen LogP contribution in [0.1, 0.15) is 64.7 Å². The normalized spacial score (nSPS) is 10.9. The summed E-state index contributed by atoms with van der Waals surface area (Å²) in [6.45, 7) is 2.92. The fourth-order valence-corrected chi connectivity index (χ4v) is 2.04. The van der Waals surface area contributed by atoms with Crippen LogP contribution >= 0.6 is 0 Å². The van der Waals surface area contributed by atoms with Crippen molar-refractivity contribution in [2.75, 3.05) is 13.6 Å². The third-order valence-corrected chi connectivity index (χ3v) is 3.34. The summed E-state index contributed by atoms with van der Waals surface area (Å²) in [4.78, 5) is 23.4. The molecule has 0 aliphatic rings. The van der Waals surface area contributed by atoms with Gasteiger partial charge >= 0.3 is 5.97 Å². The molecule has 0 bridgehead atoms. The van der Waals surface area contributed by atoms with Gasteiger partial charge in [0.1, 0.15) is 0 Å². The first kappa shape index (κ1) is 18.7. The van der Waals surface area contributed by atoms with Crippen molar-refractivity contribution in [3.8, 4) is 0 Å². The number of hydrogen-bond acceptors (Lipinski definition) is 2. The molecule has 0 aromatic rings. The third-order valence-electron chi connectivity index (χ3n) is 3.34. The number of amides is 1. The molecule has 0 saturated heterocycles. The lowest BCUT2D eigenvalue weighted by molar-refractivity contribution is -0.132. The Balaban J connectivity index is 3.45. The van der Waals surface area contributed by atoms with Gasteiger partial charge in [-0.3, -0.25) is 4.79 Å². The molecule has 0 spiro atoms. The van der Waals surface area contributed by atoms with Gasteiger partial charge in [-0.25, -0.2) is 4.79 Å². The van der Waals surface area contributed by atoms with Gasteiger partial charge in [-0.2, -0.15) is 0 Å². The van der Waals surface area contributed by atoms with E-state index in [9.17, 15) is 9.59 Å². The zero-order chi connectivity index (χ0) is 15.2. The molecule has 0 aromatic carbocycles. The number of carboxylic acid groups (broad SMARTS) is 1. The number of aliphatic carboxylic acids is 1. The van der Waals surface area contributed by atoms with E-state index in [4.69, 9.17) is 5.11 Å². The fourth-order valence-electron chi connectivity index (χ4n) is 2.04. The molecule has 0 fully saturated rings. The molecule has 0 aliphatic carbocycles. The second-order valence-corrected chi connectivity index (χ2v) is 5.26. The summed E-state index contributed by atoms with van der Waals surface area (Å²) in [7, 11) is 1.71. The van der Waals surface area contributed by atoms with Gasteiger partial charge in [0.2, 0.25) is 5.91 Å². The van der Waals surface area contributed by atoms with Crippen LogP contribution in [0.4, 0.5) is 0 Å². The van der Waals surface area contributed by atoms with Gasteiger partial charge in [0.25, 0.3) is 0 Å². The Hall–Kier alpha value is -1.32. The van der Waals surface area contributed by atoms with Crippen LogP contribution in [0.15, 0.2) is 12.2 Å². The summed E-state index contributed by atoms with van der Waals surface area (Å²) in [5, 5.41) is 8.44. The first-order valence-corrected chi connectivity index (χ1v) is 7.74. The van der Waals surface area contributed by atoms with Crippen LogP contribution in [-0.4, -0.2) is 35.5 Å². The number of carbonyl (C=O) groups excluding carboxylic acids is 1. The van der Waals surface area contributed by atoms with Crippen molar-refractivity contribution in [3.05, 3.63) is 12.2 Å². The van der Waals surface area contributed by atoms with Gasteiger partial charge in [-0.15, -0.1) is 0 Å². The predicted octanol–water partition coefficient (Wildman–Crippen LogP) is 3.62. The molecule has 0 aliphatic heterocycles. The van der Waals surface area contributed by atoms with Crippen LogP contribution in [0.25, 0.3) is 0 Å². The molecular formula is C16H29NO3. The van der Waals surface area contributed by atoms with Crippen molar-refractivity contribution < 1.29 is 14.7 Å². The summed E-state index contributed by atoms with van der Waals surface area (Å²) in [5.41, 5.74) is 0. The monoisotopic (exact) mass is 283 g/mol. The van der Waals surface area contributed by atoms with Gasteiger partial charge in [0.15, 0.2) is 0 Å². The van der Waals surface area contributed by atoms with Crippen LogP contribution in [0.2, 0.25) is 0 Å². The van der Waals surface area contributed by atoms with Gasteiger partial charge in [-0.05, 0) is 6.42 Å². The highest BCUT2D eigenvalue weighted by molar-refractivity contribution is 5.93. The highest BCUT2D eigenvalue weighted by atomic mass is 16.4. The van der Waals surface area contributed by atoms with E-state index in [1.54, 1.807) is 11.9 Å². The van der Waals surface area contributed by atoms with Crippen LogP contribution in [-0.2, 0) is 9.59 Å². The lowest BCUT2D eigenvalue weighted by Crippen LogP contribution is -2.26. The highest BCUT2D eigenvalue weighted by Gasteiger charge is 2.04. The summed E-state index contributed by atoms with van der Waals surface area (Å²) < 4.78 is 0. The number of carboxylic acids is 1. The van der Waals surface area contributed by atoms with Crippen LogP contribution in [0, 0.1) is 0 Å². The van der Waals surface area contributed by atoms with E-state index in [2.05, 4.69) is 6.92 Å². The van der Waals surface area contributed by atoms with Crippen LogP contribution < -0.4 is 0 Å². The molecule has 0 atom stereocenters. The van der Waals surface area contributed by atoms with Crippen molar-refractivity contribution in [1.82, 2.24) is 4.90 Å². The van der Waals surface area contributed by atoms with Gasteiger partial charge in [-0.1, -0.05) is 58.3 Å². The zero-order valence-corrected chi connectivity index (χ0v) is 12.9. The average Bonchev–Trinajstić information content (AvgIpc) is 2.42. The quantitative estimate of drug-likeness (QED) is 0.439. The Bertz CT molecular complexity index is 300. The second-order valence-electron chi connectivity index (χ2n) is 5.26. The maximum atomic E-state index is 11.5. The number of rotatable bonds is 12. The summed E-state index contributed by atoms with van der Waals surface area (Å²) in [6, 6.07) is 0. The predicted molar refractivity (Wildman–Crippen MR) is 81.6 cm³/mol. The Kier molecular flexibility index (Phi) is 11.9. The Morgan fingerprint density at radius 2 is 1.40 bits per heavy atom. The Morgan fingerprint density at radius 1 is 0.900 bits per heavy atom. The van der Waals surface area contributed by atoms with E-state index in [-0.39, 0.29) is 5.91 Å². The molecular weight excluding hydrogens is 254 g/mol. The van der Waals surface area contributed by atoms with E-state index >= 15 is 0 Å². The van der Waals surface area contributed by atoms with E-state index in [1.807, 2.05) is 0 Å². The largest absolute Gasteiger partial charge is 0.478 e. The topological polar surface area (TPSA) is 57.6 Å². The van der Waals surface area contributed by atoms with Crippen molar-refractivity contribution in [2.24, 2.45) is 0 Å². The van der Waals surface area contributed by atoms with Crippen molar-refractivity contribution in [1.29, 1.82) is 0 Å². The van der Waals surface area contributed by atoms with E-state index < -0.39 is 5.97 Å². The van der Waals surface area contributed by atoms with E-state index in [1.165, 1.54) is 44.9 Å². The smallest absolute Gasteiger partial charge is 0.328 e. The van der Waals surface area contributed by atoms with Crippen molar-refractivity contribution in [2.45, 2.75) is 64.7 Å². The Labute approximate surface area is 122 Å². The zero-order valence-electron chi connectivity index (χ0n) is 12.9. The minimum absolute atomic E-state index is 0.244. The molecule has 0 rings (SSSR count). The first-order chi connectivity index (χ1) is 9.57. The maximum Gasteiger partial charge on any atom is 0.328 e. The molecule has 1 N–H and O–H groups in total. The third kappa shape index (κ3) is 11.8. The molecule has 20 heavy (non-hydrogen) atoms. The SMILES string of the molecule is CCCCCCCCCCCN(C)C(=O)/C=C/C(=O)O. The van der Waals surface area contributed by atoms with Gasteiger partial charge < -0.3 is 10.0 Å². The molecule has 1 amide bonds. The van der Waals surface area contributed by atoms with Crippen LogP contribution in [0.3, 0.4) is 0 Å². The van der Waals surface area contributed by atoms with Crippen molar-refractivity contribution >= 4 is 11.9 Å². The van der Waals surface area contributed by atoms with E-state index in [0.717, 1.165) is 25.0 Å². The molecule has 0 aromatic heterocycles. The number of carbonyl (C=O) groups is 2. The Morgan fingerprint density at radius 3 is 1.90 bits per heavy atom. The lowest BCUT2D eigenvalue weighted by atomic mass is 10.1. The lowest BCUT2D eigenvalue weighted by Gasteiger charge is -2.14.